The van der Waals surface area contributed by atoms with Crippen molar-refractivity contribution in [3.8, 4) is 5.75 Å². The molecule has 1 fully saturated rings. The zero-order valence-corrected chi connectivity index (χ0v) is 18.8. The number of fused-ring (bicyclic) bond motifs is 2. The predicted octanol–water partition coefficient (Wildman–Crippen LogP) is 2.69. The summed E-state index contributed by atoms with van der Waals surface area (Å²) in [5.74, 6) is 0.927. The van der Waals surface area contributed by atoms with Crippen LogP contribution in [0.25, 0.3) is 11.9 Å². The number of thiophene rings is 1. The standard InChI is InChI=1S/C25H28N4OS/c1-17-13-22-24(23-19(6-4-10-27-23)15-28-25(22)31-17)29-12-11-26-20(16-29)9-8-18-5-3-7-21(14-18)30-2/h3-7,10,13-15,20,26,28H,8-9,11-12,16H2,1-2H3. The summed E-state index contributed by atoms with van der Waals surface area (Å²) in [4.78, 5) is 8.65. The van der Waals surface area contributed by atoms with Gasteiger partial charge in [-0.2, -0.15) is 0 Å². The number of nitrogens with one attached hydrogen (secondary N) is 2. The smallest absolute Gasteiger partial charge is 0.119 e. The quantitative estimate of drug-likeness (QED) is 0.649. The van der Waals surface area contributed by atoms with Gasteiger partial charge >= 0.3 is 0 Å². The monoisotopic (exact) mass is 432 g/mol. The van der Waals surface area contributed by atoms with Gasteiger partial charge in [-0.25, -0.2) is 0 Å². The minimum absolute atomic E-state index is 0.433. The molecule has 160 valence electrons. The molecule has 0 aliphatic carbocycles. The van der Waals surface area contributed by atoms with Crippen LogP contribution in [0.4, 0.5) is 5.00 Å². The number of ether oxygens (including phenoxy) is 1. The minimum Gasteiger partial charge on any atom is -0.497 e. The van der Waals surface area contributed by atoms with Crippen LogP contribution in [-0.4, -0.2) is 42.7 Å². The van der Waals surface area contributed by atoms with E-state index in [9.17, 15) is 0 Å². The minimum atomic E-state index is 0.433. The van der Waals surface area contributed by atoms with E-state index in [-0.39, 0.29) is 0 Å². The molecule has 2 N–H and O–H groups in total. The van der Waals surface area contributed by atoms with E-state index in [1.54, 1.807) is 7.11 Å². The lowest BCUT2D eigenvalue weighted by molar-refractivity contribution is 0.268. The second-order valence-corrected chi connectivity index (χ2v) is 9.42. The number of methoxy groups -OCH3 is 1. The van der Waals surface area contributed by atoms with Gasteiger partial charge in [-0.15, -0.1) is 11.3 Å². The highest BCUT2D eigenvalue weighted by molar-refractivity contribution is 7.16. The van der Waals surface area contributed by atoms with Crippen molar-refractivity contribution in [3.63, 3.8) is 0 Å². The van der Waals surface area contributed by atoms with Gasteiger partial charge in [0.1, 0.15) is 10.8 Å². The molecular weight excluding hydrogens is 404 g/mol. The Balaban J connectivity index is 1.43. The maximum absolute atomic E-state index is 5.38. The maximum atomic E-state index is 5.38. The maximum Gasteiger partial charge on any atom is 0.119 e. The first-order valence-corrected chi connectivity index (χ1v) is 11.7. The molecule has 1 unspecified atom stereocenters. The summed E-state index contributed by atoms with van der Waals surface area (Å²) < 4.78 is 5.38. The Labute approximate surface area is 187 Å². The molecule has 5 nitrogen and oxygen atoms in total. The van der Waals surface area contributed by atoms with E-state index in [4.69, 9.17) is 9.72 Å². The van der Waals surface area contributed by atoms with Gasteiger partial charge in [-0.05, 0) is 55.7 Å². The number of nitrogens with zero attached hydrogens (tertiary/aromatic N) is 2. The lowest BCUT2D eigenvalue weighted by Gasteiger charge is -2.36. The van der Waals surface area contributed by atoms with Gasteiger partial charge in [0.25, 0.3) is 0 Å². The second kappa shape index (κ2) is 8.73. The zero-order chi connectivity index (χ0) is 21.2. The van der Waals surface area contributed by atoms with Crippen molar-refractivity contribution in [1.82, 2.24) is 15.2 Å². The molecule has 0 bridgehead atoms. The van der Waals surface area contributed by atoms with Gasteiger partial charge in [-0.1, -0.05) is 12.1 Å². The topological polar surface area (TPSA) is 49.4 Å². The van der Waals surface area contributed by atoms with Crippen LogP contribution in [0.15, 0.2) is 48.7 Å². The van der Waals surface area contributed by atoms with E-state index in [0.29, 0.717) is 6.04 Å². The van der Waals surface area contributed by atoms with Crippen LogP contribution in [0.5, 0.6) is 5.75 Å². The molecule has 1 aromatic carbocycles. The van der Waals surface area contributed by atoms with Gasteiger partial charge in [0.2, 0.25) is 0 Å². The largest absolute Gasteiger partial charge is 0.497 e. The van der Waals surface area contributed by atoms with E-state index in [2.05, 4.69) is 59.0 Å². The Morgan fingerprint density at radius 1 is 1.23 bits per heavy atom. The molecule has 31 heavy (non-hydrogen) atoms. The lowest BCUT2D eigenvalue weighted by Crippen LogP contribution is -2.51. The Bertz CT molecular complexity index is 1200. The van der Waals surface area contributed by atoms with Crippen molar-refractivity contribution >= 4 is 28.2 Å². The average Bonchev–Trinajstić information content (AvgIpc) is 3.10. The number of anilines is 1. The highest BCUT2D eigenvalue weighted by Gasteiger charge is 2.26. The van der Waals surface area contributed by atoms with Crippen LogP contribution in [0.3, 0.4) is 0 Å². The number of pyridine rings is 1. The number of piperazine rings is 1. The summed E-state index contributed by atoms with van der Waals surface area (Å²) in [5, 5.41) is 10.7. The second-order valence-electron chi connectivity index (χ2n) is 8.17. The van der Waals surface area contributed by atoms with Crippen molar-refractivity contribution in [3.05, 3.63) is 75.2 Å². The predicted molar refractivity (Wildman–Crippen MR) is 128 cm³/mol. The molecular formula is C25H28N4OS. The third-order valence-corrected chi connectivity index (χ3v) is 7.00. The highest BCUT2D eigenvalue weighted by atomic mass is 32.1. The zero-order valence-electron chi connectivity index (χ0n) is 18.0. The Morgan fingerprint density at radius 3 is 3.06 bits per heavy atom. The number of hydrogen-bond donors (Lipinski definition) is 2. The van der Waals surface area contributed by atoms with Gasteiger partial charge in [0.15, 0.2) is 0 Å². The van der Waals surface area contributed by atoms with E-state index < -0.39 is 0 Å². The van der Waals surface area contributed by atoms with Gasteiger partial charge < -0.3 is 20.3 Å². The summed E-state index contributed by atoms with van der Waals surface area (Å²) in [6.45, 7) is 5.11. The fourth-order valence-corrected chi connectivity index (χ4v) is 5.39. The Kier molecular flexibility index (Phi) is 5.66. The van der Waals surface area contributed by atoms with Crippen LogP contribution in [0, 0.1) is 6.92 Å². The van der Waals surface area contributed by atoms with E-state index in [1.165, 1.54) is 26.7 Å². The fraction of sp³-hybridized carbons (Fsp3) is 0.320. The molecule has 0 spiro atoms. The molecule has 5 rings (SSSR count). The molecule has 2 aliphatic heterocycles. The van der Waals surface area contributed by atoms with Gasteiger partial charge in [-0.3, -0.25) is 4.98 Å². The van der Waals surface area contributed by atoms with Crippen LogP contribution in [-0.2, 0) is 6.42 Å². The number of hydrogen-bond acceptors (Lipinski definition) is 6. The molecule has 2 aliphatic rings. The van der Waals surface area contributed by atoms with Crippen molar-refractivity contribution < 1.29 is 4.74 Å². The lowest BCUT2D eigenvalue weighted by atomic mass is 10.0. The third kappa shape index (κ3) is 4.18. The van der Waals surface area contributed by atoms with E-state index in [1.807, 2.05) is 29.7 Å². The number of benzene rings is 1. The molecule has 0 radical (unpaired) electrons. The van der Waals surface area contributed by atoms with Crippen molar-refractivity contribution in [1.29, 1.82) is 0 Å². The average molecular weight is 433 g/mol. The first-order valence-electron chi connectivity index (χ1n) is 10.9. The molecule has 4 heterocycles. The number of aryl methyl sites for hydroxylation is 2. The highest BCUT2D eigenvalue weighted by Crippen LogP contribution is 2.34. The van der Waals surface area contributed by atoms with Crippen molar-refractivity contribution in [2.45, 2.75) is 25.8 Å². The van der Waals surface area contributed by atoms with E-state index in [0.717, 1.165) is 48.8 Å². The summed E-state index contributed by atoms with van der Waals surface area (Å²) >= 11 is 1.81. The summed E-state index contributed by atoms with van der Waals surface area (Å²) in [6, 6.07) is 15.3. The normalized spacial score (nSPS) is 17.8. The van der Waals surface area contributed by atoms with Crippen molar-refractivity contribution in [2.24, 2.45) is 0 Å². The third-order valence-electron chi connectivity index (χ3n) is 6.02. The summed E-state index contributed by atoms with van der Waals surface area (Å²) in [5.41, 5.74) is 3.84. The van der Waals surface area contributed by atoms with Crippen molar-refractivity contribution in [2.75, 3.05) is 32.1 Å². The first kappa shape index (κ1) is 20.1. The summed E-state index contributed by atoms with van der Waals surface area (Å²) in [7, 11) is 1.72. The van der Waals surface area contributed by atoms with Crippen LogP contribution in [0.1, 0.15) is 22.4 Å². The Morgan fingerprint density at radius 2 is 2.16 bits per heavy atom. The van der Waals surface area contributed by atoms with Crippen LogP contribution < -0.4 is 25.9 Å². The molecule has 0 saturated carbocycles. The molecule has 2 aromatic heterocycles. The van der Waals surface area contributed by atoms with Crippen LogP contribution >= 0.6 is 11.3 Å². The SMILES string of the molecule is COc1cccc(CCC2CN(C3=c4ncccc4=CNc4sc(C)cc43)CCN2)c1. The molecule has 1 atom stereocenters. The first-order chi connectivity index (χ1) is 15.2. The number of rotatable bonds is 5. The van der Waals surface area contributed by atoms with Crippen LogP contribution in [0.2, 0.25) is 0 Å². The van der Waals surface area contributed by atoms with Gasteiger partial charge in [0, 0.05) is 53.7 Å². The van der Waals surface area contributed by atoms with Gasteiger partial charge in [0.05, 0.1) is 18.2 Å². The van der Waals surface area contributed by atoms with E-state index >= 15 is 0 Å². The number of aromatic nitrogens is 1. The Hall–Kier alpha value is -2.83. The molecule has 0 amide bonds. The molecule has 6 heteroatoms. The molecule has 3 aromatic rings. The fourth-order valence-electron chi connectivity index (χ4n) is 4.51. The molecule has 1 saturated heterocycles. The summed E-state index contributed by atoms with van der Waals surface area (Å²) in [6.07, 6.45) is 6.11.